The van der Waals surface area contributed by atoms with Crippen molar-refractivity contribution in [2.24, 2.45) is 0 Å². The topological polar surface area (TPSA) is 69.6 Å². The molecule has 2 unspecified atom stereocenters. The first-order valence-corrected chi connectivity index (χ1v) is 5.44. The van der Waals surface area contributed by atoms with Crippen molar-refractivity contribution in [3.8, 4) is 0 Å². The minimum absolute atomic E-state index is 0.0741. The van der Waals surface area contributed by atoms with E-state index in [1.165, 1.54) is 4.90 Å². The molecule has 2 saturated heterocycles. The zero-order valence-electron chi connectivity index (χ0n) is 8.61. The number of carbonyl (C=O) groups is 2. The van der Waals surface area contributed by atoms with Crippen molar-refractivity contribution in [3.63, 3.8) is 0 Å². The van der Waals surface area contributed by atoms with Crippen LogP contribution in [-0.4, -0.2) is 47.1 Å². The second-order valence-corrected chi connectivity index (χ2v) is 4.21. The summed E-state index contributed by atoms with van der Waals surface area (Å²) in [5, 5.41) is 12.2. The fourth-order valence-corrected chi connectivity index (χ4v) is 2.23. The Kier molecular flexibility index (Phi) is 2.90. The first kappa shape index (κ1) is 10.4. The maximum absolute atomic E-state index is 11.7. The maximum atomic E-state index is 11.7. The van der Waals surface area contributed by atoms with E-state index in [4.69, 9.17) is 0 Å². The number of carbonyl (C=O) groups excluding carboxylic acids is 2. The molecule has 5 heteroatoms. The summed E-state index contributed by atoms with van der Waals surface area (Å²) in [6, 6.07) is -0.364. The third kappa shape index (κ3) is 2.12. The van der Waals surface area contributed by atoms with E-state index in [1.807, 2.05) is 0 Å². The highest BCUT2D eigenvalue weighted by molar-refractivity contribution is 5.89. The first-order valence-electron chi connectivity index (χ1n) is 5.44. The molecule has 2 rings (SSSR count). The number of β-amino-alcohol motifs (C(OH)–C–C–N with tert-alkyl or cyclic N) is 1. The predicted molar refractivity (Wildman–Crippen MR) is 53.0 cm³/mol. The number of nitrogens with one attached hydrogen (secondary N) is 1. The molecule has 2 amide bonds. The van der Waals surface area contributed by atoms with Crippen molar-refractivity contribution in [2.75, 3.05) is 13.1 Å². The monoisotopic (exact) mass is 212 g/mol. The van der Waals surface area contributed by atoms with Crippen LogP contribution in [0.4, 0.5) is 0 Å². The van der Waals surface area contributed by atoms with Crippen molar-refractivity contribution < 1.29 is 14.7 Å². The summed E-state index contributed by atoms with van der Waals surface area (Å²) in [5.41, 5.74) is 0. The quantitative estimate of drug-likeness (QED) is 0.601. The van der Waals surface area contributed by atoms with Gasteiger partial charge in [0.05, 0.1) is 12.5 Å². The van der Waals surface area contributed by atoms with Crippen LogP contribution in [0.5, 0.6) is 0 Å². The first-order chi connectivity index (χ1) is 7.18. The number of nitrogens with zero attached hydrogens (tertiary/aromatic N) is 1. The molecule has 0 saturated carbocycles. The van der Waals surface area contributed by atoms with Gasteiger partial charge >= 0.3 is 0 Å². The molecule has 2 heterocycles. The molecule has 0 spiro atoms. The van der Waals surface area contributed by atoms with E-state index in [2.05, 4.69) is 5.32 Å². The Hall–Kier alpha value is -1.10. The second-order valence-electron chi connectivity index (χ2n) is 4.21. The molecular weight excluding hydrogens is 196 g/mol. The molecule has 2 atom stereocenters. The third-order valence-electron chi connectivity index (χ3n) is 3.02. The molecular formula is C10H16N2O3. The van der Waals surface area contributed by atoms with Gasteiger partial charge in [0.15, 0.2) is 0 Å². The summed E-state index contributed by atoms with van der Waals surface area (Å²) >= 11 is 0. The second kappa shape index (κ2) is 4.18. The largest absolute Gasteiger partial charge is 0.391 e. The molecule has 0 aromatic carbocycles. The molecule has 2 aliphatic rings. The minimum atomic E-state index is -0.603. The molecule has 84 valence electrons. The lowest BCUT2D eigenvalue weighted by molar-refractivity contribution is -0.137. The molecule has 15 heavy (non-hydrogen) atoms. The van der Waals surface area contributed by atoms with Gasteiger partial charge < -0.3 is 15.3 Å². The van der Waals surface area contributed by atoms with Crippen molar-refractivity contribution in [1.29, 1.82) is 0 Å². The summed E-state index contributed by atoms with van der Waals surface area (Å²) in [6.45, 7) is 0.997. The Morgan fingerprint density at radius 1 is 1.33 bits per heavy atom. The molecule has 2 aliphatic heterocycles. The molecule has 0 radical (unpaired) electrons. The number of hydrogen-bond donors (Lipinski definition) is 2. The fraction of sp³-hybridized carbons (Fsp3) is 0.800. The highest BCUT2D eigenvalue weighted by Crippen LogP contribution is 2.19. The van der Waals surface area contributed by atoms with Crippen LogP contribution in [0.15, 0.2) is 0 Å². The van der Waals surface area contributed by atoms with E-state index in [1.54, 1.807) is 0 Å². The number of likely N-dealkylation sites (tertiary alicyclic amines) is 1. The molecule has 0 aliphatic carbocycles. The highest BCUT2D eigenvalue weighted by Gasteiger charge is 2.36. The summed E-state index contributed by atoms with van der Waals surface area (Å²) in [7, 11) is 0. The predicted octanol–water partition coefficient (Wildman–Crippen LogP) is -0.752. The summed E-state index contributed by atoms with van der Waals surface area (Å²) < 4.78 is 0. The number of hydrogen-bond acceptors (Lipinski definition) is 3. The van der Waals surface area contributed by atoms with Crippen LogP contribution in [-0.2, 0) is 9.59 Å². The van der Waals surface area contributed by atoms with Gasteiger partial charge in [0, 0.05) is 13.1 Å². The fourth-order valence-electron chi connectivity index (χ4n) is 2.23. The van der Waals surface area contributed by atoms with Gasteiger partial charge in [-0.1, -0.05) is 0 Å². The Balaban J connectivity index is 2.07. The van der Waals surface area contributed by atoms with Crippen LogP contribution in [0.3, 0.4) is 0 Å². The molecule has 5 nitrogen and oxygen atoms in total. The zero-order valence-corrected chi connectivity index (χ0v) is 8.61. The Labute approximate surface area is 88.4 Å². The van der Waals surface area contributed by atoms with Crippen LogP contribution in [0.1, 0.15) is 25.7 Å². The van der Waals surface area contributed by atoms with Gasteiger partial charge in [0.2, 0.25) is 11.8 Å². The van der Waals surface area contributed by atoms with E-state index in [-0.39, 0.29) is 24.3 Å². The number of rotatable bonds is 1. The third-order valence-corrected chi connectivity index (χ3v) is 3.02. The summed E-state index contributed by atoms with van der Waals surface area (Å²) in [6.07, 6.45) is 2.18. The van der Waals surface area contributed by atoms with Crippen molar-refractivity contribution in [3.05, 3.63) is 0 Å². The van der Waals surface area contributed by atoms with Gasteiger partial charge in [-0.05, 0) is 19.3 Å². The summed E-state index contributed by atoms with van der Waals surface area (Å²) in [4.78, 5) is 24.7. The van der Waals surface area contributed by atoms with Crippen LogP contribution in [0, 0.1) is 0 Å². The molecule has 2 N–H and O–H groups in total. The average molecular weight is 212 g/mol. The minimum Gasteiger partial charge on any atom is -0.391 e. The van der Waals surface area contributed by atoms with Crippen LogP contribution in [0.2, 0.25) is 0 Å². The average Bonchev–Trinajstić information content (AvgIpc) is 2.39. The van der Waals surface area contributed by atoms with Gasteiger partial charge in [0.25, 0.3) is 0 Å². The number of aliphatic hydroxyl groups is 1. The lowest BCUT2D eigenvalue weighted by Crippen LogP contribution is -2.46. The van der Waals surface area contributed by atoms with Crippen LogP contribution in [0.25, 0.3) is 0 Å². The van der Waals surface area contributed by atoms with Crippen LogP contribution >= 0.6 is 0 Å². The number of aliphatic hydroxyl groups excluding tert-OH is 1. The smallest absolute Gasteiger partial charge is 0.242 e. The molecule has 0 aromatic heterocycles. The maximum Gasteiger partial charge on any atom is 0.242 e. The van der Waals surface area contributed by atoms with E-state index < -0.39 is 6.10 Å². The van der Waals surface area contributed by atoms with Gasteiger partial charge in [-0.25, -0.2) is 0 Å². The van der Waals surface area contributed by atoms with Crippen molar-refractivity contribution in [2.45, 2.75) is 37.8 Å². The van der Waals surface area contributed by atoms with E-state index in [0.717, 1.165) is 12.8 Å². The van der Waals surface area contributed by atoms with E-state index in [0.29, 0.717) is 19.5 Å². The summed E-state index contributed by atoms with van der Waals surface area (Å²) in [5.74, 6) is -0.181. The van der Waals surface area contributed by atoms with Crippen molar-refractivity contribution in [1.82, 2.24) is 10.2 Å². The SMILES string of the molecule is O=C1NCCCCC1N1CC(O)CC1=O. The Bertz CT molecular complexity index is 280. The van der Waals surface area contributed by atoms with E-state index >= 15 is 0 Å². The van der Waals surface area contributed by atoms with Gasteiger partial charge in [-0.3, -0.25) is 9.59 Å². The van der Waals surface area contributed by atoms with Gasteiger partial charge in [-0.15, -0.1) is 0 Å². The van der Waals surface area contributed by atoms with Gasteiger partial charge in [-0.2, -0.15) is 0 Å². The zero-order chi connectivity index (χ0) is 10.8. The lowest BCUT2D eigenvalue weighted by atomic mass is 10.1. The Morgan fingerprint density at radius 3 is 2.80 bits per heavy atom. The molecule has 0 bridgehead atoms. The van der Waals surface area contributed by atoms with Crippen LogP contribution < -0.4 is 5.32 Å². The highest BCUT2D eigenvalue weighted by atomic mass is 16.3. The lowest BCUT2D eigenvalue weighted by Gasteiger charge is -2.25. The normalized spacial score (nSPS) is 32.7. The molecule has 2 fully saturated rings. The standard InChI is InChI=1S/C10H16N2O3/c13-7-5-9(14)12(6-7)8-3-1-2-4-11-10(8)15/h7-8,13H,1-6H2,(H,11,15). The molecule has 0 aromatic rings. The van der Waals surface area contributed by atoms with E-state index in [9.17, 15) is 14.7 Å². The van der Waals surface area contributed by atoms with Gasteiger partial charge in [0.1, 0.15) is 6.04 Å². The Morgan fingerprint density at radius 2 is 2.13 bits per heavy atom. The van der Waals surface area contributed by atoms with Crippen molar-refractivity contribution >= 4 is 11.8 Å². The number of amides is 2.